The van der Waals surface area contributed by atoms with E-state index in [0.29, 0.717) is 0 Å². The van der Waals surface area contributed by atoms with Gasteiger partial charge in [0.15, 0.2) is 0 Å². The van der Waals surface area contributed by atoms with Crippen molar-refractivity contribution in [3.63, 3.8) is 0 Å². The van der Waals surface area contributed by atoms with Crippen LogP contribution in [-0.2, 0) is 11.3 Å². The molecule has 1 heterocycles. The molecule has 1 saturated carbocycles. The van der Waals surface area contributed by atoms with Crippen molar-refractivity contribution in [2.24, 2.45) is 0 Å². The van der Waals surface area contributed by atoms with Crippen molar-refractivity contribution in [2.45, 2.75) is 45.2 Å². The highest BCUT2D eigenvalue weighted by molar-refractivity contribution is 7.12. The van der Waals surface area contributed by atoms with Crippen molar-refractivity contribution in [3.05, 3.63) is 28.0 Å². The highest BCUT2D eigenvalue weighted by atomic mass is 32.1. The zero-order valence-corrected chi connectivity index (χ0v) is 12.2. The van der Waals surface area contributed by atoms with Crippen molar-refractivity contribution >= 4 is 23.4 Å². The van der Waals surface area contributed by atoms with E-state index in [1.54, 1.807) is 17.4 Å². The van der Waals surface area contributed by atoms with Crippen molar-refractivity contribution in [3.8, 4) is 0 Å². The molecule has 0 aromatic carbocycles. The maximum absolute atomic E-state index is 10.5. The minimum absolute atomic E-state index is 0.784. The summed E-state index contributed by atoms with van der Waals surface area (Å²) in [4.78, 5) is 15.4. The summed E-state index contributed by atoms with van der Waals surface area (Å²) in [5.74, 6) is -0.891. The predicted octanol–water partition coefficient (Wildman–Crippen LogP) is 3.61. The highest BCUT2D eigenvalue weighted by Crippen LogP contribution is 2.30. The molecule has 4 heteroatoms. The van der Waals surface area contributed by atoms with Gasteiger partial charge >= 0.3 is 5.97 Å². The molecule has 1 N–H and O–H groups in total. The Morgan fingerprint density at radius 2 is 2.32 bits per heavy atom. The van der Waals surface area contributed by atoms with Gasteiger partial charge in [0.2, 0.25) is 0 Å². The number of carboxylic acid groups (broad SMARTS) is 1. The average molecular weight is 279 g/mol. The standard InChI is InChI=1S/C15H21NO2S/c1-2-3-10-16(12-4-5-12)11-14-7-6-13(19-14)8-9-15(17)18/h6-9,12H,2-5,10-11H2,1H3,(H,17,18). The van der Waals surface area contributed by atoms with E-state index in [-0.39, 0.29) is 0 Å². The lowest BCUT2D eigenvalue weighted by Gasteiger charge is -2.20. The predicted molar refractivity (Wildman–Crippen MR) is 79.3 cm³/mol. The van der Waals surface area contributed by atoms with Crippen LogP contribution in [0.3, 0.4) is 0 Å². The van der Waals surface area contributed by atoms with Crippen LogP contribution in [0.15, 0.2) is 18.2 Å². The molecule has 19 heavy (non-hydrogen) atoms. The van der Waals surface area contributed by atoms with Gasteiger partial charge in [0.1, 0.15) is 0 Å². The molecule has 0 spiro atoms. The Morgan fingerprint density at radius 1 is 1.53 bits per heavy atom. The summed E-state index contributed by atoms with van der Waals surface area (Å²) >= 11 is 1.69. The van der Waals surface area contributed by atoms with Crippen molar-refractivity contribution in [1.82, 2.24) is 4.90 Å². The molecule has 0 saturated heterocycles. The molecule has 0 radical (unpaired) electrons. The Bertz CT molecular complexity index is 449. The SMILES string of the molecule is CCCCN(Cc1ccc(C=CC(=O)O)s1)C1CC1. The molecule has 3 nitrogen and oxygen atoms in total. The van der Waals surface area contributed by atoms with Gasteiger partial charge in [0.05, 0.1) is 0 Å². The quantitative estimate of drug-likeness (QED) is 0.739. The number of hydrogen-bond acceptors (Lipinski definition) is 3. The first-order chi connectivity index (χ1) is 9.19. The average Bonchev–Trinajstić information content (AvgIpc) is 3.13. The number of nitrogens with zero attached hydrogens (tertiary/aromatic N) is 1. The van der Waals surface area contributed by atoms with E-state index < -0.39 is 5.97 Å². The van der Waals surface area contributed by atoms with E-state index >= 15 is 0 Å². The van der Waals surface area contributed by atoms with Gasteiger partial charge in [-0.25, -0.2) is 4.79 Å². The molecule has 1 aromatic heterocycles. The lowest BCUT2D eigenvalue weighted by molar-refractivity contribution is -0.131. The molecule has 1 aliphatic rings. The summed E-state index contributed by atoms with van der Waals surface area (Å²) in [7, 11) is 0. The van der Waals surface area contributed by atoms with Gasteiger partial charge in [-0.1, -0.05) is 13.3 Å². The van der Waals surface area contributed by atoms with E-state index in [9.17, 15) is 4.79 Å². The molecule has 1 aliphatic carbocycles. The van der Waals surface area contributed by atoms with Crippen LogP contribution in [-0.4, -0.2) is 28.6 Å². The van der Waals surface area contributed by atoms with Crippen molar-refractivity contribution in [1.29, 1.82) is 0 Å². The number of aliphatic carboxylic acids is 1. The van der Waals surface area contributed by atoms with Crippen LogP contribution in [0, 0.1) is 0 Å². The first kappa shape index (κ1) is 14.3. The molecule has 2 rings (SSSR count). The molecule has 0 amide bonds. The second kappa shape index (κ2) is 6.87. The van der Waals surface area contributed by atoms with E-state index in [1.165, 1.54) is 43.2 Å². The Kier molecular flexibility index (Phi) is 5.16. The van der Waals surface area contributed by atoms with Crippen LogP contribution in [0.2, 0.25) is 0 Å². The molecule has 0 atom stereocenters. The Labute approximate surface area is 118 Å². The molecular formula is C15H21NO2S. The number of thiophene rings is 1. The van der Waals surface area contributed by atoms with Crippen LogP contribution in [0.1, 0.15) is 42.4 Å². The first-order valence-electron chi connectivity index (χ1n) is 6.93. The monoisotopic (exact) mass is 279 g/mol. The fourth-order valence-corrected chi connectivity index (χ4v) is 3.06. The Balaban J connectivity index is 1.91. The van der Waals surface area contributed by atoms with Crippen LogP contribution in [0.25, 0.3) is 6.08 Å². The molecule has 1 aromatic rings. The third-order valence-electron chi connectivity index (χ3n) is 3.29. The van der Waals surface area contributed by atoms with Crippen molar-refractivity contribution < 1.29 is 9.90 Å². The van der Waals surface area contributed by atoms with Crippen LogP contribution < -0.4 is 0 Å². The third kappa shape index (κ3) is 4.80. The van der Waals surface area contributed by atoms with Crippen LogP contribution in [0.4, 0.5) is 0 Å². The maximum atomic E-state index is 10.5. The summed E-state index contributed by atoms with van der Waals surface area (Å²) in [6.45, 7) is 4.42. The van der Waals surface area contributed by atoms with Gasteiger partial charge in [0, 0.05) is 28.4 Å². The van der Waals surface area contributed by atoms with Gasteiger partial charge in [-0.05, 0) is 44.0 Å². The smallest absolute Gasteiger partial charge is 0.328 e. The number of carboxylic acids is 1. The normalized spacial score (nSPS) is 15.5. The summed E-state index contributed by atoms with van der Waals surface area (Å²) in [5, 5.41) is 8.61. The minimum Gasteiger partial charge on any atom is -0.478 e. The van der Waals surface area contributed by atoms with E-state index in [2.05, 4.69) is 17.9 Å². The zero-order valence-electron chi connectivity index (χ0n) is 11.3. The van der Waals surface area contributed by atoms with Crippen LogP contribution in [0.5, 0.6) is 0 Å². The lowest BCUT2D eigenvalue weighted by Crippen LogP contribution is -2.26. The molecular weight excluding hydrogens is 258 g/mol. The van der Waals surface area contributed by atoms with Crippen LogP contribution >= 0.6 is 11.3 Å². The lowest BCUT2D eigenvalue weighted by atomic mass is 10.3. The second-order valence-corrected chi connectivity index (χ2v) is 6.23. The maximum Gasteiger partial charge on any atom is 0.328 e. The Hall–Kier alpha value is -1.13. The van der Waals surface area contributed by atoms with Gasteiger partial charge in [-0.2, -0.15) is 0 Å². The van der Waals surface area contributed by atoms with E-state index in [0.717, 1.165) is 17.5 Å². The number of unbranched alkanes of at least 4 members (excludes halogenated alkanes) is 1. The topological polar surface area (TPSA) is 40.5 Å². The second-order valence-electron chi connectivity index (χ2n) is 5.03. The van der Waals surface area contributed by atoms with Gasteiger partial charge < -0.3 is 5.11 Å². The fraction of sp³-hybridized carbons (Fsp3) is 0.533. The zero-order chi connectivity index (χ0) is 13.7. The molecule has 0 bridgehead atoms. The van der Waals surface area contributed by atoms with Crippen molar-refractivity contribution in [2.75, 3.05) is 6.54 Å². The first-order valence-corrected chi connectivity index (χ1v) is 7.74. The molecule has 1 fully saturated rings. The largest absolute Gasteiger partial charge is 0.478 e. The van der Waals surface area contributed by atoms with Gasteiger partial charge in [-0.3, -0.25) is 4.90 Å². The summed E-state index contributed by atoms with van der Waals surface area (Å²) in [6, 6.07) is 4.91. The van der Waals surface area contributed by atoms with E-state index in [1.807, 2.05) is 6.07 Å². The number of rotatable bonds is 8. The molecule has 0 unspecified atom stereocenters. The summed E-state index contributed by atoms with van der Waals surface area (Å²) in [6.07, 6.45) is 8.03. The molecule has 104 valence electrons. The summed E-state index contributed by atoms with van der Waals surface area (Å²) < 4.78 is 0. The minimum atomic E-state index is -0.891. The fourth-order valence-electron chi connectivity index (χ4n) is 2.11. The van der Waals surface area contributed by atoms with Gasteiger partial charge in [-0.15, -0.1) is 11.3 Å². The van der Waals surface area contributed by atoms with E-state index in [4.69, 9.17) is 5.11 Å². The van der Waals surface area contributed by atoms with Gasteiger partial charge in [0.25, 0.3) is 0 Å². The Morgan fingerprint density at radius 3 is 2.95 bits per heavy atom. The number of hydrogen-bond donors (Lipinski definition) is 1. The highest BCUT2D eigenvalue weighted by Gasteiger charge is 2.28. The third-order valence-corrected chi connectivity index (χ3v) is 4.33. The summed E-state index contributed by atoms with van der Waals surface area (Å²) in [5.41, 5.74) is 0. The molecule has 0 aliphatic heterocycles. The number of carbonyl (C=O) groups is 1.